The summed E-state index contributed by atoms with van der Waals surface area (Å²) < 4.78 is 5.13. The van der Waals surface area contributed by atoms with Gasteiger partial charge in [-0.1, -0.05) is 22.8 Å². The molecule has 0 aliphatic heterocycles. The lowest BCUT2D eigenvalue weighted by molar-refractivity contribution is 0.0697. The summed E-state index contributed by atoms with van der Waals surface area (Å²) in [5.74, 6) is -0.279. The predicted octanol–water partition coefficient (Wildman–Crippen LogP) is 3.28. The van der Waals surface area contributed by atoms with Gasteiger partial charge < -0.3 is 14.5 Å². The van der Waals surface area contributed by atoms with E-state index in [2.05, 4.69) is 5.16 Å². The van der Waals surface area contributed by atoms with E-state index in [-0.39, 0.29) is 10.6 Å². The minimum Gasteiger partial charge on any atom is -0.478 e. The van der Waals surface area contributed by atoms with Gasteiger partial charge in [-0.3, -0.25) is 0 Å². The van der Waals surface area contributed by atoms with Crippen molar-refractivity contribution in [3.8, 4) is 0 Å². The minimum atomic E-state index is -1.03. The van der Waals surface area contributed by atoms with Gasteiger partial charge in [-0.05, 0) is 31.5 Å². The molecular weight excluding hydrogens is 280 g/mol. The van der Waals surface area contributed by atoms with Gasteiger partial charge >= 0.3 is 5.97 Å². The zero-order chi connectivity index (χ0) is 14.9. The number of hydrogen-bond acceptors (Lipinski definition) is 4. The molecule has 0 fully saturated rings. The Labute approximate surface area is 121 Å². The Morgan fingerprint density at radius 2 is 2.15 bits per heavy atom. The van der Waals surface area contributed by atoms with E-state index in [0.717, 1.165) is 22.7 Å². The van der Waals surface area contributed by atoms with Crippen molar-refractivity contribution in [2.75, 3.05) is 11.9 Å². The second-order valence-corrected chi connectivity index (χ2v) is 5.06. The molecule has 6 heteroatoms. The lowest BCUT2D eigenvalue weighted by Gasteiger charge is -2.19. The van der Waals surface area contributed by atoms with Gasteiger partial charge in [0.25, 0.3) is 0 Å². The Morgan fingerprint density at radius 1 is 1.45 bits per heavy atom. The fraction of sp³-hybridized carbons (Fsp3) is 0.286. The topological polar surface area (TPSA) is 66.6 Å². The summed E-state index contributed by atoms with van der Waals surface area (Å²) in [6.07, 6.45) is 0. The summed E-state index contributed by atoms with van der Waals surface area (Å²) in [5, 5.41) is 13.1. The third kappa shape index (κ3) is 2.77. The first-order valence-electron chi connectivity index (χ1n) is 6.06. The number of carbonyl (C=O) groups is 1. The van der Waals surface area contributed by atoms with Crippen molar-refractivity contribution >= 4 is 23.3 Å². The summed E-state index contributed by atoms with van der Waals surface area (Å²) in [6, 6.07) is 4.94. The summed E-state index contributed by atoms with van der Waals surface area (Å²) in [5.41, 5.74) is 2.78. The van der Waals surface area contributed by atoms with Gasteiger partial charge in [0.2, 0.25) is 0 Å². The van der Waals surface area contributed by atoms with Crippen LogP contribution in [0.3, 0.4) is 0 Å². The van der Waals surface area contributed by atoms with E-state index < -0.39 is 5.97 Å². The van der Waals surface area contributed by atoms with Crippen LogP contribution in [0, 0.1) is 13.8 Å². The highest BCUT2D eigenvalue weighted by Crippen LogP contribution is 2.25. The van der Waals surface area contributed by atoms with Crippen molar-refractivity contribution in [1.82, 2.24) is 5.16 Å². The summed E-state index contributed by atoms with van der Waals surface area (Å²) in [4.78, 5) is 12.9. The fourth-order valence-electron chi connectivity index (χ4n) is 2.21. The maximum atomic E-state index is 10.9. The van der Waals surface area contributed by atoms with Gasteiger partial charge in [-0.15, -0.1) is 0 Å². The molecule has 0 spiro atoms. The Hall–Kier alpha value is -2.01. The van der Waals surface area contributed by atoms with Gasteiger partial charge in [-0.25, -0.2) is 4.79 Å². The highest BCUT2D eigenvalue weighted by atomic mass is 35.5. The second-order valence-electron chi connectivity index (χ2n) is 4.65. The highest BCUT2D eigenvalue weighted by molar-refractivity contribution is 6.33. The standard InChI is InChI=1S/C14H15ClN2O3/c1-8-13(9(2)20-16-8)17(3)7-10-4-5-11(14(18)19)12(15)6-10/h4-6H,7H2,1-3H3,(H,18,19). The number of aryl methyl sites for hydroxylation is 2. The number of aromatic carboxylic acids is 1. The van der Waals surface area contributed by atoms with Crippen LogP contribution < -0.4 is 4.90 Å². The average molecular weight is 295 g/mol. The fourth-order valence-corrected chi connectivity index (χ4v) is 2.49. The molecular formula is C14H15ClN2O3. The van der Waals surface area contributed by atoms with Gasteiger partial charge in [-0.2, -0.15) is 0 Å². The normalized spacial score (nSPS) is 10.6. The first-order valence-corrected chi connectivity index (χ1v) is 6.43. The lowest BCUT2D eigenvalue weighted by Crippen LogP contribution is -2.17. The molecule has 0 aliphatic rings. The van der Waals surface area contributed by atoms with E-state index in [1.165, 1.54) is 6.07 Å². The summed E-state index contributed by atoms with van der Waals surface area (Å²) in [7, 11) is 1.92. The Morgan fingerprint density at radius 3 is 2.65 bits per heavy atom. The molecule has 0 aliphatic carbocycles. The van der Waals surface area contributed by atoms with Crippen LogP contribution in [-0.2, 0) is 6.54 Å². The van der Waals surface area contributed by atoms with Crippen LogP contribution in [0.2, 0.25) is 5.02 Å². The van der Waals surface area contributed by atoms with Crippen molar-refractivity contribution in [2.24, 2.45) is 0 Å². The number of carboxylic acids is 1. The molecule has 1 heterocycles. The number of rotatable bonds is 4. The van der Waals surface area contributed by atoms with Crippen molar-refractivity contribution in [3.05, 3.63) is 45.8 Å². The van der Waals surface area contributed by atoms with Crippen LogP contribution in [0.15, 0.2) is 22.7 Å². The van der Waals surface area contributed by atoms with Crippen LogP contribution in [0.5, 0.6) is 0 Å². The number of anilines is 1. The van der Waals surface area contributed by atoms with Crippen LogP contribution in [0.4, 0.5) is 5.69 Å². The predicted molar refractivity (Wildman–Crippen MR) is 76.5 cm³/mol. The molecule has 2 aromatic rings. The van der Waals surface area contributed by atoms with Crippen molar-refractivity contribution in [1.29, 1.82) is 0 Å². The van der Waals surface area contributed by atoms with E-state index in [1.54, 1.807) is 12.1 Å². The summed E-state index contributed by atoms with van der Waals surface area (Å²) >= 11 is 5.97. The molecule has 0 saturated heterocycles. The number of halogens is 1. The van der Waals surface area contributed by atoms with Crippen LogP contribution in [0.1, 0.15) is 27.4 Å². The Balaban J connectivity index is 2.22. The third-order valence-electron chi connectivity index (χ3n) is 3.06. The van der Waals surface area contributed by atoms with Crippen LogP contribution >= 0.6 is 11.6 Å². The minimum absolute atomic E-state index is 0.107. The van der Waals surface area contributed by atoms with Crippen molar-refractivity contribution in [2.45, 2.75) is 20.4 Å². The molecule has 1 aromatic carbocycles. The molecule has 1 aromatic heterocycles. The molecule has 0 unspecified atom stereocenters. The number of carboxylic acid groups (broad SMARTS) is 1. The van der Waals surface area contributed by atoms with Gasteiger partial charge in [0.15, 0.2) is 5.76 Å². The first-order chi connectivity index (χ1) is 9.40. The molecule has 106 valence electrons. The zero-order valence-electron chi connectivity index (χ0n) is 11.5. The molecule has 0 atom stereocenters. The van der Waals surface area contributed by atoms with Crippen LogP contribution in [-0.4, -0.2) is 23.3 Å². The largest absolute Gasteiger partial charge is 0.478 e. The SMILES string of the molecule is Cc1noc(C)c1N(C)Cc1ccc(C(=O)O)c(Cl)c1. The lowest BCUT2D eigenvalue weighted by atomic mass is 10.1. The Bertz CT molecular complexity index is 632. The number of aromatic nitrogens is 1. The number of nitrogens with zero attached hydrogens (tertiary/aromatic N) is 2. The molecule has 0 amide bonds. The summed E-state index contributed by atoms with van der Waals surface area (Å²) in [6.45, 7) is 4.32. The van der Waals surface area contributed by atoms with E-state index in [4.69, 9.17) is 21.2 Å². The van der Waals surface area contributed by atoms with E-state index in [1.807, 2.05) is 25.8 Å². The zero-order valence-corrected chi connectivity index (χ0v) is 12.2. The van der Waals surface area contributed by atoms with E-state index in [0.29, 0.717) is 6.54 Å². The number of hydrogen-bond donors (Lipinski definition) is 1. The Kier molecular flexibility index (Phi) is 3.99. The third-order valence-corrected chi connectivity index (χ3v) is 3.37. The second kappa shape index (κ2) is 5.54. The van der Waals surface area contributed by atoms with Crippen LogP contribution in [0.25, 0.3) is 0 Å². The number of benzene rings is 1. The van der Waals surface area contributed by atoms with Gasteiger partial charge in [0.05, 0.1) is 10.6 Å². The maximum absolute atomic E-state index is 10.9. The molecule has 0 saturated carbocycles. The van der Waals surface area contributed by atoms with Crippen molar-refractivity contribution in [3.63, 3.8) is 0 Å². The molecule has 2 rings (SSSR count). The smallest absolute Gasteiger partial charge is 0.337 e. The highest BCUT2D eigenvalue weighted by Gasteiger charge is 2.15. The van der Waals surface area contributed by atoms with E-state index in [9.17, 15) is 4.79 Å². The monoisotopic (exact) mass is 294 g/mol. The van der Waals surface area contributed by atoms with E-state index >= 15 is 0 Å². The first kappa shape index (κ1) is 14.4. The molecule has 0 radical (unpaired) electrons. The van der Waals surface area contributed by atoms with Gasteiger partial charge in [0, 0.05) is 13.6 Å². The molecule has 1 N–H and O–H groups in total. The van der Waals surface area contributed by atoms with Gasteiger partial charge in [0.1, 0.15) is 11.4 Å². The molecule has 0 bridgehead atoms. The average Bonchev–Trinajstić information content (AvgIpc) is 2.68. The van der Waals surface area contributed by atoms with Crippen molar-refractivity contribution < 1.29 is 14.4 Å². The quantitative estimate of drug-likeness (QED) is 0.937. The molecule has 5 nitrogen and oxygen atoms in total. The maximum Gasteiger partial charge on any atom is 0.337 e. The molecule has 20 heavy (non-hydrogen) atoms.